The van der Waals surface area contributed by atoms with Gasteiger partial charge in [0.25, 0.3) is 5.91 Å². The van der Waals surface area contributed by atoms with E-state index >= 15 is 0 Å². The predicted octanol–water partition coefficient (Wildman–Crippen LogP) is 3.62. The molecule has 0 saturated heterocycles. The lowest BCUT2D eigenvalue weighted by Gasteiger charge is -2.22. The second-order valence-electron chi connectivity index (χ2n) is 6.30. The van der Waals surface area contributed by atoms with Gasteiger partial charge in [-0.25, -0.2) is 9.97 Å². The van der Waals surface area contributed by atoms with Crippen molar-refractivity contribution in [1.82, 2.24) is 15.3 Å². The SMILES string of the molecule is CCN(c1cccc(C)c1)c1cc(C(=O)NC2CCCC2)ncn1. The minimum absolute atomic E-state index is 0.106. The summed E-state index contributed by atoms with van der Waals surface area (Å²) in [6, 6.07) is 10.3. The largest absolute Gasteiger partial charge is 0.348 e. The average Bonchev–Trinajstić information content (AvgIpc) is 3.09. The van der Waals surface area contributed by atoms with Crippen LogP contribution in [0.4, 0.5) is 11.5 Å². The highest BCUT2D eigenvalue weighted by Gasteiger charge is 2.19. The summed E-state index contributed by atoms with van der Waals surface area (Å²) < 4.78 is 0. The number of nitrogens with one attached hydrogen (secondary N) is 1. The first-order valence-corrected chi connectivity index (χ1v) is 8.64. The fraction of sp³-hybridized carbons (Fsp3) is 0.421. The quantitative estimate of drug-likeness (QED) is 0.912. The highest BCUT2D eigenvalue weighted by Crippen LogP contribution is 2.24. The van der Waals surface area contributed by atoms with Gasteiger partial charge in [0, 0.05) is 24.3 Å². The molecule has 1 amide bonds. The van der Waals surface area contributed by atoms with Crippen LogP contribution in [0.15, 0.2) is 36.7 Å². The molecule has 24 heavy (non-hydrogen) atoms. The molecule has 0 unspecified atom stereocenters. The molecule has 2 aromatic rings. The number of carbonyl (C=O) groups excluding carboxylic acids is 1. The van der Waals surface area contributed by atoms with Gasteiger partial charge in [-0.2, -0.15) is 0 Å². The Morgan fingerprint density at radius 2 is 2.04 bits per heavy atom. The number of amides is 1. The number of aryl methyl sites for hydroxylation is 1. The number of rotatable bonds is 5. The van der Waals surface area contributed by atoms with Crippen molar-refractivity contribution >= 4 is 17.4 Å². The number of hydrogen-bond acceptors (Lipinski definition) is 4. The van der Waals surface area contributed by atoms with E-state index in [4.69, 9.17) is 0 Å². The second-order valence-corrected chi connectivity index (χ2v) is 6.30. The standard InChI is InChI=1S/C19H24N4O/c1-3-23(16-10-6-7-14(2)11-16)18-12-17(20-13-21-18)19(24)22-15-8-4-5-9-15/h6-7,10-13,15H,3-5,8-9H2,1-2H3,(H,22,24). The average molecular weight is 324 g/mol. The van der Waals surface area contributed by atoms with E-state index in [2.05, 4.69) is 52.2 Å². The molecule has 126 valence electrons. The van der Waals surface area contributed by atoms with Crippen LogP contribution >= 0.6 is 0 Å². The molecule has 1 N–H and O–H groups in total. The van der Waals surface area contributed by atoms with Gasteiger partial charge in [0.05, 0.1) is 0 Å². The summed E-state index contributed by atoms with van der Waals surface area (Å²) in [6.45, 7) is 4.91. The molecule has 1 aromatic carbocycles. The monoisotopic (exact) mass is 324 g/mol. The first-order chi connectivity index (χ1) is 11.7. The molecule has 1 heterocycles. The first kappa shape index (κ1) is 16.4. The number of hydrogen-bond donors (Lipinski definition) is 1. The minimum atomic E-state index is -0.106. The zero-order valence-electron chi connectivity index (χ0n) is 14.3. The van der Waals surface area contributed by atoms with Crippen molar-refractivity contribution in [2.24, 2.45) is 0 Å². The summed E-state index contributed by atoms with van der Waals surface area (Å²) in [5, 5.41) is 3.08. The molecule has 1 aromatic heterocycles. The van der Waals surface area contributed by atoms with Gasteiger partial charge in [-0.05, 0) is 44.4 Å². The Morgan fingerprint density at radius 3 is 2.75 bits per heavy atom. The number of aromatic nitrogens is 2. The molecule has 0 spiro atoms. The number of anilines is 2. The Balaban J connectivity index is 1.81. The molecule has 5 heteroatoms. The van der Waals surface area contributed by atoms with E-state index in [-0.39, 0.29) is 11.9 Å². The van der Waals surface area contributed by atoms with Crippen LogP contribution in [0.5, 0.6) is 0 Å². The van der Waals surface area contributed by atoms with Gasteiger partial charge in [0.2, 0.25) is 0 Å². The summed E-state index contributed by atoms with van der Waals surface area (Å²) in [7, 11) is 0. The molecular weight excluding hydrogens is 300 g/mol. The number of nitrogens with zero attached hydrogens (tertiary/aromatic N) is 3. The highest BCUT2D eigenvalue weighted by molar-refractivity contribution is 5.93. The van der Waals surface area contributed by atoms with Gasteiger partial charge >= 0.3 is 0 Å². The maximum Gasteiger partial charge on any atom is 0.270 e. The summed E-state index contributed by atoms with van der Waals surface area (Å²) in [5.74, 6) is 0.639. The third kappa shape index (κ3) is 3.72. The summed E-state index contributed by atoms with van der Waals surface area (Å²) in [5.41, 5.74) is 2.69. The maximum absolute atomic E-state index is 12.4. The van der Waals surface area contributed by atoms with Crippen LogP contribution in [-0.2, 0) is 0 Å². The van der Waals surface area contributed by atoms with E-state index in [0.29, 0.717) is 5.69 Å². The maximum atomic E-state index is 12.4. The van der Waals surface area contributed by atoms with Gasteiger partial charge in [0.1, 0.15) is 17.8 Å². The molecule has 1 aliphatic rings. The van der Waals surface area contributed by atoms with E-state index < -0.39 is 0 Å². The normalized spacial score (nSPS) is 14.6. The smallest absolute Gasteiger partial charge is 0.270 e. The van der Waals surface area contributed by atoms with Crippen LogP contribution in [0.3, 0.4) is 0 Å². The Kier molecular flexibility index (Phi) is 5.08. The van der Waals surface area contributed by atoms with Crippen molar-refractivity contribution in [3.8, 4) is 0 Å². The van der Waals surface area contributed by atoms with Gasteiger partial charge in [-0.1, -0.05) is 25.0 Å². The van der Waals surface area contributed by atoms with Crippen LogP contribution in [0, 0.1) is 6.92 Å². The van der Waals surface area contributed by atoms with Crippen LogP contribution < -0.4 is 10.2 Å². The van der Waals surface area contributed by atoms with Gasteiger partial charge in [-0.3, -0.25) is 4.79 Å². The lowest BCUT2D eigenvalue weighted by molar-refractivity contribution is 0.0932. The van der Waals surface area contributed by atoms with Crippen LogP contribution in [0.25, 0.3) is 0 Å². The summed E-state index contributed by atoms with van der Waals surface area (Å²) in [6.07, 6.45) is 5.98. The fourth-order valence-corrected chi connectivity index (χ4v) is 3.22. The lowest BCUT2D eigenvalue weighted by atomic mass is 10.2. The topological polar surface area (TPSA) is 58.1 Å². The molecule has 0 radical (unpaired) electrons. The zero-order chi connectivity index (χ0) is 16.9. The van der Waals surface area contributed by atoms with Crippen LogP contribution in [0.2, 0.25) is 0 Å². The number of benzene rings is 1. The van der Waals surface area contributed by atoms with E-state index in [9.17, 15) is 4.79 Å². The highest BCUT2D eigenvalue weighted by atomic mass is 16.1. The fourth-order valence-electron chi connectivity index (χ4n) is 3.22. The summed E-state index contributed by atoms with van der Waals surface area (Å²) >= 11 is 0. The Labute approximate surface area is 143 Å². The minimum Gasteiger partial charge on any atom is -0.348 e. The van der Waals surface area contributed by atoms with E-state index in [1.54, 1.807) is 6.07 Å². The van der Waals surface area contributed by atoms with Crippen molar-refractivity contribution in [3.63, 3.8) is 0 Å². The molecule has 3 rings (SSSR count). The third-order valence-corrected chi connectivity index (χ3v) is 4.48. The lowest BCUT2D eigenvalue weighted by Crippen LogP contribution is -2.33. The number of carbonyl (C=O) groups is 1. The molecule has 0 bridgehead atoms. The van der Waals surface area contributed by atoms with Crippen LogP contribution in [-0.4, -0.2) is 28.5 Å². The Morgan fingerprint density at radius 1 is 1.25 bits per heavy atom. The zero-order valence-corrected chi connectivity index (χ0v) is 14.3. The van der Waals surface area contributed by atoms with Gasteiger partial charge < -0.3 is 10.2 Å². The van der Waals surface area contributed by atoms with Crippen molar-refractivity contribution in [3.05, 3.63) is 47.9 Å². The van der Waals surface area contributed by atoms with Gasteiger partial charge in [-0.15, -0.1) is 0 Å². The van der Waals surface area contributed by atoms with E-state index in [0.717, 1.165) is 30.9 Å². The predicted molar refractivity (Wildman–Crippen MR) is 95.6 cm³/mol. The van der Waals surface area contributed by atoms with E-state index in [1.165, 1.54) is 24.7 Å². The van der Waals surface area contributed by atoms with Crippen molar-refractivity contribution < 1.29 is 4.79 Å². The van der Waals surface area contributed by atoms with Gasteiger partial charge in [0.15, 0.2) is 0 Å². The first-order valence-electron chi connectivity index (χ1n) is 8.64. The van der Waals surface area contributed by atoms with E-state index in [1.807, 2.05) is 6.07 Å². The van der Waals surface area contributed by atoms with Crippen molar-refractivity contribution in [2.45, 2.75) is 45.6 Å². The molecular formula is C19H24N4O. The molecule has 1 saturated carbocycles. The Bertz CT molecular complexity index is 710. The molecule has 0 aliphatic heterocycles. The Hall–Kier alpha value is -2.43. The molecule has 1 aliphatic carbocycles. The third-order valence-electron chi connectivity index (χ3n) is 4.48. The second kappa shape index (κ2) is 7.43. The van der Waals surface area contributed by atoms with Crippen molar-refractivity contribution in [1.29, 1.82) is 0 Å². The van der Waals surface area contributed by atoms with Crippen molar-refractivity contribution in [2.75, 3.05) is 11.4 Å². The molecule has 1 fully saturated rings. The summed E-state index contributed by atoms with van der Waals surface area (Å²) in [4.78, 5) is 23.0. The van der Waals surface area contributed by atoms with Crippen LogP contribution in [0.1, 0.15) is 48.7 Å². The molecule has 0 atom stereocenters. The molecule has 5 nitrogen and oxygen atoms in total.